The van der Waals surface area contributed by atoms with Gasteiger partial charge in [-0.2, -0.15) is 14.6 Å². The van der Waals surface area contributed by atoms with Gasteiger partial charge in [0.2, 0.25) is 11.1 Å². The van der Waals surface area contributed by atoms with Crippen LogP contribution in [0, 0.1) is 17.1 Å². The van der Waals surface area contributed by atoms with Crippen LogP contribution in [0.15, 0.2) is 60.3 Å². The van der Waals surface area contributed by atoms with Gasteiger partial charge in [0.25, 0.3) is 11.8 Å². The van der Waals surface area contributed by atoms with Gasteiger partial charge in [-0.3, -0.25) is 4.79 Å². The SMILES string of the molecule is COc1ccc(/C=C(\C#N)C(=O)Nc2ccccc2)cc1Oc1nc(Cl)ncc1F. The summed E-state index contributed by atoms with van der Waals surface area (Å²) in [6, 6.07) is 15.2. The van der Waals surface area contributed by atoms with Crippen molar-refractivity contribution < 1.29 is 18.7 Å². The molecule has 0 bridgehead atoms. The summed E-state index contributed by atoms with van der Waals surface area (Å²) in [4.78, 5) is 19.6. The molecule has 3 aromatic rings. The number of rotatable bonds is 6. The van der Waals surface area contributed by atoms with Crippen LogP contribution in [0.1, 0.15) is 5.56 Å². The molecule has 0 radical (unpaired) electrons. The molecule has 150 valence electrons. The first kappa shape index (κ1) is 20.8. The molecule has 7 nitrogen and oxygen atoms in total. The summed E-state index contributed by atoms with van der Waals surface area (Å²) >= 11 is 5.69. The van der Waals surface area contributed by atoms with Crippen molar-refractivity contribution in [3.63, 3.8) is 0 Å². The molecule has 0 aliphatic heterocycles. The highest BCUT2D eigenvalue weighted by atomic mass is 35.5. The number of ether oxygens (including phenoxy) is 2. The summed E-state index contributed by atoms with van der Waals surface area (Å²) < 4.78 is 24.6. The van der Waals surface area contributed by atoms with E-state index in [4.69, 9.17) is 21.1 Å². The predicted octanol–water partition coefficient (Wildman–Crippen LogP) is 4.62. The van der Waals surface area contributed by atoms with Gasteiger partial charge < -0.3 is 14.8 Å². The van der Waals surface area contributed by atoms with Gasteiger partial charge in [-0.05, 0) is 47.5 Å². The Labute approximate surface area is 176 Å². The Morgan fingerprint density at radius 1 is 1.23 bits per heavy atom. The van der Waals surface area contributed by atoms with Gasteiger partial charge in [-0.1, -0.05) is 24.3 Å². The summed E-state index contributed by atoms with van der Waals surface area (Å²) in [6.45, 7) is 0. The molecule has 0 fully saturated rings. The van der Waals surface area contributed by atoms with Gasteiger partial charge in [0, 0.05) is 5.69 Å². The number of aromatic nitrogens is 2. The molecule has 9 heteroatoms. The second-order valence-electron chi connectivity index (χ2n) is 5.79. The summed E-state index contributed by atoms with van der Waals surface area (Å²) in [6.07, 6.45) is 2.25. The molecule has 0 atom stereocenters. The van der Waals surface area contributed by atoms with E-state index < -0.39 is 17.6 Å². The van der Waals surface area contributed by atoms with Crippen LogP contribution in [0.5, 0.6) is 17.4 Å². The van der Waals surface area contributed by atoms with E-state index in [1.807, 2.05) is 12.1 Å². The van der Waals surface area contributed by atoms with Crippen molar-refractivity contribution in [1.29, 1.82) is 5.26 Å². The summed E-state index contributed by atoms with van der Waals surface area (Å²) in [5.41, 5.74) is 0.871. The summed E-state index contributed by atoms with van der Waals surface area (Å²) in [5, 5.41) is 11.8. The van der Waals surface area contributed by atoms with Crippen LogP contribution in [0.3, 0.4) is 0 Å². The minimum atomic E-state index is -0.817. The second-order valence-corrected chi connectivity index (χ2v) is 6.13. The average molecular weight is 425 g/mol. The molecule has 0 aliphatic rings. The second kappa shape index (κ2) is 9.49. The molecule has 0 saturated heterocycles. The van der Waals surface area contributed by atoms with Gasteiger partial charge in [0.1, 0.15) is 11.6 Å². The molecule has 0 saturated carbocycles. The standard InChI is InChI=1S/C21H14ClFN4O3/c1-29-17-8-7-13(10-18(17)30-20-16(23)12-25-21(22)27-20)9-14(11-24)19(28)26-15-5-3-2-4-6-15/h2-10,12H,1H3,(H,26,28)/b14-9+. The molecule has 30 heavy (non-hydrogen) atoms. The molecule has 3 rings (SSSR count). The Bertz CT molecular complexity index is 1150. The van der Waals surface area contributed by atoms with E-state index in [2.05, 4.69) is 15.3 Å². The fourth-order valence-electron chi connectivity index (χ4n) is 2.40. The fourth-order valence-corrected chi connectivity index (χ4v) is 2.53. The number of carbonyl (C=O) groups is 1. The van der Waals surface area contributed by atoms with E-state index in [0.29, 0.717) is 11.3 Å². The number of carbonyl (C=O) groups excluding carboxylic acids is 1. The largest absolute Gasteiger partial charge is 0.493 e. The Kier molecular flexibility index (Phi) is 6.57. The molecule has 0 unspecified atom stereocenters. The van der Waals surface area contributed by atoms with Gasteiger partial charge in [-0.15, -0.1) is 0 Å². The highest BCUT2D eigenvalue weighted by Gasteiger charge is 2.14. The summed E-state index contributed by atoms with van der Waals surface area (Å²) in [7, 11) is 1.41. The minimum absolute atomic E-state index is 0.112. The number of nitriles is 1. The van der Waals surface area contributed by atoms with Crippen molar-refractivity contribution >= 4 is 29.3 Å². The third-order valence-corrected chi connectivity index (χ3v) is 3.97. The maximum atomic E-state index is 13.9. The Morgan fingerprint density at radius 2 is 2.00 bits per heavy atom. The number of halogens is 2. The molecule has 0 aliphatic carbocycles. The zero-order valence-corrected chi connectivity index (χ0v) is 16.4. The highest BCUT2D eigenvalue weighted by Crippen LogP contribution is 2.33. The van der Waals surface area contributed by atoms with Crippen LogP contribution in [-0.2, 0) is 4.79 Å². The van der Waals surface area contributed by atoms with Crippen molar-refractivity contribution in [3.05, 3.63) is 77.0 Å². The van der Waals surface area contributed by atoms with Crippen LogP contribution in [0.4, 0.5) is 10.1 Å². The Balaban J connectivity index is 1.90. The van der Waals surface area contributed by atoms with E-state index in [9.17, 15) is 14.4 Å². The van der Waals surface area contributed by atoms with Gasteiger partial charge in [0.05, 0.1) is 13.3 Å². The van der Waals surface area contributed by atoms with Crippen molar-refractivity contribution in [1.82, 2.24) is 9.97 Å². The lowest BCUT2D eigenvalue weighted by molar-refractivity contribution is -0.112. The van der Waals surface area contributed by atoms with Gasteiger partial charge in [0.15, 0.2) is 11.5 Å². The zero-order chi connectivity index (χ0) is 21.5. The molecule has 1 N–H and O–H groups in total. The highest BCUT2D eigenvalue weighted by molar-refractivity contribution is 6.28. The monoisotopic (exact) mass is 424 g/mol. The molecule has 0 spiro atoms. The van der Waals surface area contributed by atoms with E-state index in [1.54, 1.807) is 36.4 Å². The average Bonchev–Trinajstić information content (AvgIpc) is 2.75. The predicted molar refractivity (Wildman–Crippen MR) is 109 cm³/mol. The topological polar surface area (TPSA) is 97.1 Å². The number of methoxy groups -OCH3 is 1. The number of para-hydroxylation sites is 1. The lowest BCUT2D eigenvalue weighted by Crippen LogP contribution is -2.13. The minimum Gasteiger partial charge on any atom is -0.493 e. The van der Waals surface area contributed by atoms with Crippen LogP contribution in [-0.4, -0.2) is 23.0 Å². The van der Waals surface area contributed by atoms with Gasteiger partial charge in [-0.25, -0.2) is 4.98 Å². The van der Waals surface area contributed by atoms with E-state index in [0.717, 1.165) is 6.20 Å². The number of anilines is 1. The Hall–Kier alpha value is -3.96. The molecular weight excluding hydrogens is 411 g/mol. The number of benzene rings is 2. The normalized spacial score (nSPS) is 10.8. The number of amides is 1. The van der Waals surface area contributed by atoms with Crippen molar-refractivity contribution in [2.45, 2.75) is 0 Å². The number of nitrogens with one attached hydrogen (secondary N) is 1. The number of nitrogens with zero attached hydrogens (tertiary/aromatic N) is 3. The summed E-state index contributed by atoms with van der Waals surface area (Å²) in [5.74, 6) is -1.39. The Morgan fingerprint density at radius 3 is 2.70 bits per heavy atom. The van der Waals surface area contributed by atoms with Crippen LogP contribution >= 0.6 is 11.6 Å². The van der Waals surface area contributed by atoms with Crippen LogP contribution in [0.25, 0.3) is 6.08 Å². The molecule has 1 amide bonds. The molecular formula is C21H14ClFN4O3. The maximum absolute atomic E-state index is 13.9. The van der Waals surface area contributed by atoms with Crippen molar-refractivity contribution in [3.8, 4) is 23.4 Å². The quantitative estimate of drug-likeness (QED) is 0.352. The fraction of sp³-hybridized carbons (Fsp3) is 0.0476. The first-order valence-corrected chi connectivity index (χ1v) is 8.90. The molecule has 2 aromatic carbocycles. The zero-order valence-electron chi connectivity index (χ0n) is 15.6. The van der Waals surface area contributed by atoms with E-state index in [-0.39, 0.29) is 22.4 Å². The first-order valence-electron chi connectivity index (χ1n) is 8.52. The lowest BCUT2D eigenvalue weighted by atomic mass is 10.1. The maximum Gasteiger partial charge on any atom is 0.266 e. The van der Waals surface area contributed by atoms with Crippen LogP contribution in [0.2, 0.25) is 5.28 Å². The molecule has 1 heterocycles. The number of hydrogen-bond acceptors (Lipinski definition) is 6. The van der Waals surface area contributed by atoms with Gasteiger partial charge >= 0.3 is 0 Å². The van der Waals surface area contributed by atoms with Crippen molar-refractivity contribution in [2.24, 2.45) is 0 Å². The van der Waals surface area contributed by atoms with E-state index >= 15 is 0 Å². The number of hydrogen-bond donors (Lipinski definition) is 1. The third kappa shape index (κ3) is 5.10. The smallest absolute Gasteiger partial charge is 0.266 e. The van der Waals surface area contributed by atoms with Crippen molar-refractivity contribution in [2.75, 3.05) is 12.4 Å². The van der Waals surface area contributed by atoms with E-state index in [1.165, 1.54) is 19.3 Å². The lowest BCUT2D eigenvalue weighted by Gasteiger charge is -2.11. The first-order chi connectivity index (χ1) is 14.5. The third-order valence-electron chi connectivity index (χ3n) is 3.78. The van der Waals surface area contributed by atoms with Crippen LogP contribution < -0.4 is 14.8 Å². The molecule has 1 aromatic heterocycles.